The van der Waals surface area contributed by atoms with E-state index in [2.05, 4.69) is 27.1 Å². The summed E-state index contributed by atoms with van der Waals surface area (Å²) in [7, 11) is -3.66. The van der Waals surface area contributed by atoms with Crippen LogP contribution in [0.15, 0.2) is 89.8 Å². The van der Waals surface area contributed by atoms with Crippen LogP contribution in [0.3, 0.4) is 0 Å². The Bertz CT molecular complexity index is 1130. The smallest absolute Gasteiger partial charge is 0.261 e. The van der Waals surface area contributed by atoms with Gasteiger partial charge in [0.2, 0.25) is 0 Å². The molecular weight excluding hydrogens is 422 g/mol. The molecule has 1 amide bonds. The van der Waals surface area contributed by atoms with Crippen LogP contribution >= 0.6 is 0 Å². The number of hydrogen-bond acceptors (Lipinski definition) is 4. The van der Waals surface area contributed by atoms with E-state index in [9.17, 15) is 13.2 Å². The Labute approximate surface area is 189 Å². The lowest BCUT2D eigenvalue weighted by Gasteiger charge is -2.28. The van der Waals surface area contributed by atoms with Crippen molar-refractivity contribution in [2.75, 3.05) is 24.4 Å². The third-order valence-corrected chi connectivity index (χ3v) is 7.07. The van der Waals surface area contributed by atoms with Gasteiger partial charge in [-0.25, -0.2) is 8.42 Å². The Morgan fingerprint density at radius 2 is 1.44 bits per heavy atom. The molecule has 166 valence electrons. The molecule has 0 aliphatic carbocycles. The van der Waals surface area contributed by atoms with Crippen molar-refractivity contribution in [1.29, 1.82) is 0 Å². The fourth-order valence-corrected chi connectivity index (χ4v) is 5.06. The third kappa shape index (κ3) is 5.36. The number of benzene rings is 3. The van der Waals surface area contributed by atoms with Gasteiger partial charge in [-0.1, -0.05) is 48.5 Å². The van der Waals surface area contributed by atoms with Gasteiger partial charge in [0.1, 0.15) is 0 Å². The zero-order valence-electron chi connectivity index (χ0n) is 17.8. The first-order valence-corrected chi connectivity index (χ1v) is 12.3. The highest BCUT2D eigenvalue weighted by atomic mass is 32.2. The average Bonchev–Trinajstić information content (AvgIpc) is 3.35. The molecule has 1 aliphatic heterocycles. The first-order valence-electron chi connectivity index (χ1n) is 10.8. The summed E-state index contributed by atoms with van der Waals surface area (Å²) < 4.78 is 27.5. The van der Waals surface area contributed by atoms with E-state index in [0.29, 0.717) is 17.8 Å². The number of sulfonamides is 1. The van der Waals surface area contributed by atoms with Crippen LogP contribution in [-0.4, -0.2) is 38.9 Å². The Morgan fingerprint density at radius 1 is 0.844 bits per heavy atom. The van der Waals surface area contributed by atoms with Gasteiger partial charge < -0.3 is 5.32 Å². The van der Waals surface area contributed by atoms with E-state index in [0.717, 1.165) is 13.1 Å². The Kier molecular flexibility index (Phi) is 6.87. The predicted octanol–water partition coefficient (Wildman–Crippen LogP) is 4.05. The predicted molar refractivity (Wildman–Crippen MR) is 126 cm³/mol. The second-order valence-electron chi connectivity index (χ2n) is 7.88. The summed E-state index contributed by atoms with van der Waals surface area (Å²) >= 11 is 0. The summed E-state index contributed by atoms with van der Waals surface area (Å²) in [4.78, 5) is 15.3. The molecule has 6 nitrogen and oxygen atoms in total. The lowest BCUT2D eigenvalue weighted by molar-refractivity contribution is 0.0938. The molecule has 1 atom stereocenters. The molecule has 0 bridgehead atoms. The van der Waals surface area contributed by atoms with Crippen LogP contribution in [-0.2, 0) is 10.0 Å². The van der Waals surface area contributed by atoms with Crippen LogP contribution in [0.5, 0.6) is 0 Å². The lowest BCUT2D eigenvalue weighted by Crippen LogP contribution is -2.36. The van der Waals surface area contributed by atoms with Gasteiger partial charge in [-0.05, 0) is 67.9 Å². The van der Waals surface area contributed by atoms with Gasteiger partial charge in [0.15, 0.2) is 0 Å². The molecule has 7 heteroatoms. The lowest BCUT2D eigenvalue weighted by atomic mass is 10.1. The minimum absolute atomic E-state index is 0.139. The van der Waals surface area contributed by atoms with Crippen LogP contribution in [0, 0.1) is 0 Å². The van der Waals surface area contributed by atoms with E-state index < -0.39 is 10.0 Å². The van der Waals surface area contributed by atoms with Gasteiger partial charge in [-0.2, -0.15) is 0 Å². The molecule has 1 aliphatic rings. The fourth-order valence-electron chi connectivity index (χ4n) is 3.98. The summed E-state index contributed by atoms with van der Waals surface area (Å²) in [6, 6.07) is 25.0. The number of carbonyl (C=O) groups excluding carboxylic acids is 1. The van der Waals surface area contributed by atoms with Crippen LogP contribution in [0.4, 0.5) is 5.69 Å². The number of nitrogens with zero attached hydrogens (tertiary/aromatic N) is 1. The highest BCUT2D eigenvalue weighted by molar-refractivity contribution is 7.92. The monoisotopic (exact) mass is 449 g/mol. The molecule has 0 saturated carbocycles. The molecule has 32 heavy (non-hydrogen) atoms. The van der Waals surface area contributed by atoms with Crippen molar-refractivity contribution >= 4 is 21.6 Å². The molecule has 2 N–H and O–H groups in total. The van der Waals surface area contributed by atoms with Gasteiger partial charge in [-0.15, -0.1) is 0 Å². The summed E-state index contributed by atoms with van der Waals surface area (Å²) in [5.41, 5.74) is 2.09. The number of anilines is 1. The van der Waals surface area contributed by atoms with Gasteiger partial charge in [-0.3, -0.25) is 14.4 Å². The van der Waals surface area contributed by atoms with Crippen molar-refractivity contribution < 1.29 is 13.2 Å². The molecule has 3 aromatic rings. The van der Waals surface area contributed by atoms with Crippen molar-refractivity contribution in [2.45, 2.75) is 23.8 Å². The van der Waals surface area contributed by atoms with Crippen molar-refractivity contribution in [1.82, 2.24) is 10.2 Å². The van der Waals surface area contributed by atoms with Crippen molar-refractivity contribution in [2.24, 2.45) is 0 Å². The number of amides is 1. The molecular formula is C25H27N3O3S. The second kappa shape index (κ2) is 9.97. The van der Waals surface area contributed by atoms with E-state index in [1.807, 2.05) is 18.2 Å². The molecule has 1 heterocycles. The molecule has 1 fully saturated rings. The average molecular weight is 450 g/mol. The van der Waals surface area contributed by atoms with Crippen LogP contribution in [0.2, 0.25) is 0 Å². The Hall–Kier alpha value is -3.16. The van der Waals surface area contributed by atoms with Gasteiger partial charge in [0, 0.05) is 17.8 Å². The van der Waals surface area contributed by atoms with E-state index in [-0.39, 0.29) is 16.8 Å². The first-order chi connectivity index (χ1) is 15.5. The molecule has 0 aromatic heterocycles. The number of carbonyl (C=O) groups is 1. The van der Waals surface area contributed by atoms with Crippen molar-refractivity contribution in [3.8, 4) is 0 Å². The number of likely N-dealkylation sites (tertiary alicyclic amines) is 1. The number of hydrogen-bond donors (Lipinski definition) is 2. The maximum atomic E-state index is 12.7. The van der Waals surface area contributed by atoms with Gasteiger partial charge in [0.05, 0.1) is 10.9 Å². The zero-order valence-corrected chi connectivity index (χ0v) is 18.6. The summed E-state index contributed by atoms with van der Waals surface area (Å²) in [6.07, 6.45) is 2.36. The fraction of sp³-hybridized carbons (Fsp3) is 0.240. The standard InChI is InChI=1S/C25H27N3O3S/c29-25(26-19-24(28-17-7-8-18-28)20-9-3-1-4-10-20)21-13-15-22(16-14-21)27-32(30,31)23-11-5-2-6-12-23/h1-6,9-16,24,27H,7-8,17-19H2,(H,26,29). The topological polar surface area (TPSA) is 78.5 Å². The second-order valence-corrected chi connectivity index (χ2v) is 9.56. The molecule has 3 aromatic carbocycles. The number of nitrogens with one attached hydrogen (secondary N) is 2. The zero-order chi connectivity index (χ0) is 22.4. The molecule has 0 spiro atoms. The summed E-state index contributed by atoms with van der Waals surface area (Å²) in [5, 5.41) is 3.05. The Balaban J connectivity index is 1.40. The van der Waals surface area contributed by atoms with Gasteiger partial charge in [0.25, 0.3) is 15.9 Å². The van der Waals surface area contributed by atoms with E-state index in [4.69, 9.17) is 0 Å². The minimum Gasteiger partial charge on any atom is -0.350 e. The van der Waals surface area contributed by atoms with Crippen LogP contribution < -0.4 is 10.0 Å². The Morgan fingerprint density at radius 3 is 2.06 bits per heavy atom. The van der Waals surface area contributed by atoms with Gasteiger partial charge >= 0.3 is 0 Å². The van der Waals surface area contributed by atoms with Crippen molar-refractivity contribution in [3.05, 3.63) is 96.1 Å². The van der Waals surface area contributed by atoms with Crippen LogP contribution in [0.25, 0.3) is 0 Å². The van der Waals surface area contributed by atoms with Crippen LogP contribution in [0.1, 0.15) is 34.8 Å². The van der Waals surface area contributed by atoms with E-state index in [1.165, 1.54) is 30.5 Å². The van der Waals surface area contributed by atoms with E-state index in [1.54, 1.807) is 42.5 Å². The SMILES string of the molecule is O=C(NCC(c1ccccc1)N1CCCC1)c1ccc(NS(=O)(=O)c2ccccc2)cc1. The highest BCUT2D eigenvalue weighted by Gasteiger charge is 2.24. The molecule has 1 unspecified atom stereocenters. The van der Waals surface area contributed by atoms with E-state index >= 15 is 0 Å². The number of rotatable bonds is 8. The third-order valence-electron chi connectivity index (χ3n) is 5.67. The normalized spacial score (nSPS) is 15.2. The molecule has 1 saturated heterocycles. The molecule has 4 rings (SSSR count). The molecule has 0 radical (unpaired) electrons. The van der Waals surface area contributed by atoms with Crippen molar-refractivity contribution in [3.63, 3.8) is 0 Å². The maximum Gasteiger partial charge on any atom is 0.261 e. The first kappa shape index (κ1) is 22.0. The summed E-state index contributed by atoms with van der Waals surface area (Å²) in [5.74, 6) is -0.178. The highest BCUT2D eigenvalue weighted by Crippen LogP contribution is 2.24. The largest absolute Gasteiger partial charge is 0.350 e. The quantitative estimate of drug-likeness (QED) is 0.544. The minimum atomic E-state index is -3.66. The maximum absolute atomic E-state index is 12.7. The summed E-state index contributed by atoms with van der Waals surface area (Å²) in [6.45, 7) is 2.59.